The molecule has 0 aliphatic carbocycles. The molecule has 1 aromatic heterocycles. The molecule has 20 heavy (non-hydrogen) atoms. The third kappa shape index (κ3) is 2.42. The molecule has 0 amide bonds. The molecule has 0 saturated heterocycles. The first kappa shape index (κ1) is 13.5. The number of benzene rings is 2. The summed E-state index contributed by atoms with van der Waals surface area (Å²) in [6.07, 6.45) is 0. The van der Waals surface area contributed by atoms with E-state index in [4.69, 9.17) is 33.4 Å². The molecule has 0 saturated carbocycles. The highest BCUT2D eigenvalue weighted by Crippen LogP contribution is 2.31. The minimum Gasteiger partial charge on any atom is -0.457 e. The summed E-state index contributed by atoms with van der Waals surface area (Å²) in [7, 11) is 0. The van der Waals surface area contributed by atoms with Crippen LogP contribution in [0.1, 0.15) is 22.9 Å². The highest BCUT2D eigenvalue weighted by Gasteiger charge is 2.16. The second-order valence-corrected chi connectivity index (χ2v) is 5.69. The molecule has 2 nitrogen and oxygen atoms in total. The third-order valence-corrected chi connectivity index (χ3v) is 3.76. The predicted octanol–water partition coefficient (Wildman–Crippen LogP) is 5.10. The van der Waals surface area contributed by atoms with E-state index < -0.39 is 0 Å². The van der Waals surface area contributed by atoms with Gasteiger partial charge in [0.1, 0.15) is 5.76 Å². The zero-order chi connectivity index (χ0) is 14.3. The summed E-state index contributed by atoms with van der Waals surface area (Å²) < 4.78 is 5.79. The fourth-order valence-corrected chi connectivity index (χ4v) is 2.83. The minimum absolute atomic E-state index is 0.365. The number of fused-ring (bicyclic) bond motifs is 1. The van der Waals surface area contributed by atoms with Gasteiger partial charge in [0.15, 0.2) is 5.58 Å². The fourth-order valence-electron chi connectivity index (χ4n) is 2.31. The number of hydrogen-bond donors (Lipinski definition) is 1. The van der Waals surface area contributed by atoms with Crippen molar-refractivity contribution in [3.63, 3.8) is 0 Å². The first-order valence-electron chi connectivity index (χ1n) is 6.25. The minimum atomic E-state index is -0.365. The molecule has 4 heteroatoms. The second kappa shape index (κ2) is 5.13. The van der Waals surface area contributed by atoms with Crippen molar-refractivity contribution in [2.45, 2.75) is 13.0 Å². The van der Waals surface area contributed by atoms with Gasteiger partial charge < -0.3 is 10.2 Å². The van der Waals surface area contributed by atoms with Crippen LogP contribution in [0.25, 0.3) is 11.0 Å². The molecule has 0 bridgehead atoms. The third-order valence-electron chi connectivity index (χ3n) is 3.25. The topological polar surface area (TPSA) is 39.2 Å². The number of nitrogens with two attached hydrogens (primary N) is 1. The molecule has 0 radical (unpaired) electrons. The van der Waals surface area contributed by atoms with Gasteiger partial charge in [-0.05, 0) is 42.3 Å². The van der Waals surface area contributed by atoms with Gasteiger partial charge in [0.2, 0.25) is 0 Å². The van der Waals surface area contributed by atoms with Gasteiger partial charge in [-0.15, -0.1) is 0 Å². The van der Waals surface area contributed by atoms with E-state index in [1.54, 1.807) is 6.07 Å². The Bertz CT molecular complexity index is 759. The summed E-state index contributed by atoms with van der Waals surface area (Å²) in [5.74, 6) is 0.676. The lowest BCUT2D eigenvalue weighted by atomic mass is 10.0. The molecule has 3 rings (SSSR count). The van der Waals surface area contributed by atoms with E-state index in [-0.39, 0.29) is 6.04 Å². The van der Waals surface area contributed by atoms with E-state index >= 15 is 0 Å². The first-order chi connectivity index (χ1) is 9.54. The van der Waals surface area contributed by atoms with Gasteiger partial charge in [0, 0.05) is 10.4 Å². The van der Waals surface area contributed by atoms with Crippen LogP contribution in [0.5, 0.6) is 0 Å². The van der Waals surface area contributed by atoms with Crippen LogP contribution in [0.15, 0.2) is 46.9 Å². The Kier molecular flexibility index (Phi) is 3.47. The standard InChI is InChI=1S/C16H13Cl2NO/c1-9-5-11(7-12(17)6-9)15(19)14-8-10-3-2-4-13(18)16(10)20-14/h2-8,15H,19H2,1H3. The molecule has 2 aromatic carbocycles. The maximum Gasteiger partial charge on any atom is 0.152 e. The molecule has 0 aliphatic rings. The number of furan rings is 1. The van der Waals surface area contributed by atoms with Crippen LogP contribution in [0.4, 0.5) is 0 Å². The molecular formula is C16H13Cl2NO. The Morgan fingerprint density at radius 1 is 1.10 bits per heavy atom. The van der Waals surface area contributed by atoms with Crippen molar-refractivity contribution in [2.75, 3.05) is 0 Å². The number of aryl methyl sites for hydroxylation is 1. The van der Waals surface area contributed by atoms with Gasteiger partial charge in [0.05, 0.1) is 11.1 Å². The van der Waals surface area contributed by atoms with Crippen molar-refractivity contribution in [1.82, 2.24) is 0 Å². The summed E-state index contributed by atoms with van der Waals surface area (Å²) in [5.41, 5.74) is 8.93. The summed E-state index contributed by atoms with van der Waals surface area (Å²) >= 11 is 12.2. The van der Waals surface area contributed by atoms with Crippen molar-refractivity contribution in [3.8, 4) is 0 Å². The number of rotatable bonds is 2. The lowest BCUT2D eigenvalue weighted by Crippen LogP contribution is -2.11. The number of hydrogen-bond acceptors (Lipinski definition) is 2. The highest BCUT2D eigenvalue weighted by atomic mass is 35.5. The molecule has 0 aliphatic heterocycles. The average molecular weight is 306 g/mol. The number of halogens is 2. The molecule has 0 fully saturated rings. The van der Waals surface area contributed by atoms with Gasteiger partial charge in [0.25, 0.3) is 0 Å². The van der Waals surface area contributed by atoms with Crippen LogP contribution in [-0.2, 0) is 0 Å². The van der Waals surface area contributed by atoms with Gasteiger partial charge in [-0.3, -0.25) is 0 Å². The monoisotopic (exact) mass is 305 g/mol. The lowest BCUT2D eigenvalue weighted by molar-refractivity contribution is 0.525. The Morgan fingerprint density at radius 3 is 2.60 bits per heavy atom. The van der Waals surface area contributed by atoms with Gasteiger partial charge in [-0.25, -0.2) is 0 Å². The molecule has 1 atom stereocenters. The van der Waals surface area contributed by atoms with Gasteiger partial charge >= 0.3 is 0 Å². The van der Waals surface area contributed by atoms with Crippen molar-refractivity contribution >= 4 is 34.2 Å². The Hall–Kier alpha value is -1.48. The van der Waals surface area contributed by atoms with E-state index in [0.29, 0.717) is 21.4 Å². The van der Waals surface area contributed by atoms with Crippen LogP contribution < -0.4 is 5.73 Å². The predicted molar refractivity (Wildman–Crippen MR) is 83.4 cm³/mol. The lowest BCUT2D eigenvalue weighted by Gasteiger charge is -2.10. The Labute approximate surface area is 127 Å². The van der Waals surface area contributed by atoms with E-state index in [1.807, 2.05) is 43.3 Å². The van der Waals surface area contributed by atoms with Crippen LogP contribution in [0.3, 0.4) is 0 Å². The maximum absolute atomic E-state index is 6.27. The zero-order valence-electron chi connectivity index (χ0n) is 10.9. The Balaban J connectivity index is 2.07. The highest BCUT2D eigenvalue weighted by molar-refractivity contribution is 6.34. The van der Waals surface area contributed by atoms with Crippen LogP contribution in [0.2, 0.25) is 10.0 Å². The first-order valence-corrected chi connectivity index (χ1v) is 7.01. The van der Waals surface area contributed by atoms with Crippen molar-refractivity contribution < 1.29 is 4.42 Å². The SMILES string of the molecule is Cc1cc(Cl)cc(C(N)c2cc3cccc(Cl)c3o2)c1. The van der Waals surface area contributed by atoms with E-state index in [1.165, 1.54) is 0 Å². The van der Waals surface area contributed by atoms with Crippen LogP contribution in [0, 0.1) is 6.92 Å². The normalized spacial score (nSPS) is 12.8. The summed E-state index contributed by atoms with van der Waals surface area (Å²) in [5, 5.41) is 2.20. The zero-order valence-corrected chi connectivity index (χ0v) is 12.4. The summed E-state index contributed by atoms with van der Waals surface area (Å²) in [6, 6.07) is 12.9. The van der Waals surface area contributed by atoms with Crippen LogP contribution in [-0.4, -0.2) is 0 Å². The summed E-state index contributed by atoms with van der Waals surface area (Å²) in [4.78, 5) is 0. The molecular weight excluding hydrogens is 293 g/mol. The Morgan fingerprint density at radius 2 is 1.90 bits per heavy atom. The number of para-hydroxylation sites is 1. The molecule has 0 spiro atoms. The van der Waals surface area contributed by atoms with Crippen molar-refractivity contribution in [3.05, 3.63) is 69.4 Å². The van der Waals surface area contributed by atoms with Gasteiger partial charge in [-0.2, -0.15) is 0 Å². The molecule has 3 aromatic rings. The largest absolute Gasteiger partial charge is 0.457 e. The maximum atomic E-state index is 6.27. The van der Waals surface area contributed by atoms with E-state index in [0.717, 1.165) is 16.5 Å². The molecule has 1 unspecified atom stereocenters. The van der Waals surface area contributed by atoms with Gasteiger partial charge in [-0.1, -0.05) is 41.4 Å². The van der Waals surface area contributed by atoms with Crippen molar-refractivity contribution in [2.24, 2.45) is 5.73 Å². The molecule has 102 valence electrons. The van der Waals surface area contributed by atoms with Crippen molar-refractivity contribution in [1.29, 1.82) is 0 Å². The quantitative estimate of drug-likeness (QED) is 0.715. The smallest absolute Gasteiger partial charge is 0.152 e. The summed E-state index contributed by atoms with van der Waals surface area (Å²) in [6.45, 7) is 1.98. The van der Waals surface area contributed by atoms with E-state index in [2.05, 4.69) is 0 Å². The average Bonchev–Trinajstić information content (AvgIpc) is 2.82. The van der Waals surface area contributed by atoms with E-state index in [9.17, 15) is 0 Å². The molecule has 1 heterocycles. The second-order valence-electron chi connectivity index (χ2n) is 4.85. The molecule has 2 N–H and O–H groups in total. The van der Waals surface area contributed by atoms with Crippen LogP contribution >= 0.6 is 23.2 Å². The fraction of sp³-hybridized carbons (Fsp3) is 0.125.